The second kappa shape index (κ2) is 6.75. The summed E-state index contributed by atoms with van der Waals surface area (Å²) in [4.78, 5) is 0. The fraction of sp³-hybridized carbons (Fsp3) is 0.400. The first-order valence-corrected chi connectivity index (χ1v) is 3.96. The number of hydrogen-bond acceptors (Lipinski definition) is 2. The molecule has 0 saturated heterocycles. The summed E-state index contributed by atoms with van der Waals surface area (Å²) in [5.74, 6) is -0.0161. The van der Waals surface area contributed by atoms with Gasteiger partial charge in [-0.1, -0.05) is 19.0 Å². The van der Waals surface area contributed by atoms with E-state index >= 15 is 0 Å². The average Bonchev–Trinajstić information content (AvgIpc) is 2.27. The minimum Gasteiger partial charge on any atom is -0.492 e. The highest BCUT2D eigenvalue weighted by Gasteiger charge is 1.92. The number of benzene rings is 1. The molecule has 74 valence electrons. The first kappa shape index (κ1) is 6.68. The van der Waals surface area contributed by atoms with Crippen LogP contribution in [0.4, 0.5) is 0 Å². The lowest BCUT2D eigenvalue weighted by molar-refractivity contribution is 0.328. The summed E-state index contributed by atoms with van der Waals surface area (Å²) in [5.41, 5.74) is 5.68. The molecule has 0 heterocycles. The van der Waals surface area contributed by atoms with Gasteiger partial charge in [0, 0.05) is 6.54 Å². The summed E-state index contributed by atoms with van der Waals surface area (Å²) >= 11 is 0. The lowest BCUT2D eigenvalue weighted by Gasteiger charge is -2.04. The van der Waals surface area contributed by atoms with Gasteiger partial charge in [0.2, 0.25) is 0 Å². The molecule has 0 unspecified atom stereocenters. The Morgan fingerprint density at radius 3 is 2.46 bits per heavy atom. The fourth-order valence-corrected chi connectivity index (χ4v) is 0.737. The predicted octanol–water partition coefficient (Wildman–Crippen LogP) is 2.01. The van der Waals surface area contributed by atoms with Crippen molar-refractivity contribution < 1.29 is 10.2 Å². The Kier molecular flexibility index (Phi) is 3.47. The third-order valence-electron chi connectivity index (χ3n) is 1.37. The van der Waals surface area contributed by atoms with E-state index in [4.69, 9.17) is 16.0 Å². The number of halogens is 1. The Balaban J connectivity index is 0.00000256. The summed E-state index contributed by atoms with van der Waals surface area (Å²) in [5, 5.41) is 0. The Morgan fingerprint density at radius 1 is 1.38 bits per heavy atom. The smallest absolute Gasteiger partial charge is 0.119 e. The molecule has 0 aliphatic heterocycles. The van der Waals surface area contributed by atoms with Gasteiger partial charge < -0.3 is 10.5 Å². The van der Waals surface area contributed by atoms with Crippen molar-refractivity contribution in [2.45, 2.75) is 13.3 Å². The molecule has 0 aromatic heterocycles. The molecule has 0 amide bonds. The Hall–Kier alpha value is -0.730. The van der Waals surface area contributed by atoms with Gasteiger partial charge in [0.15, 0.2) is 0 Å². The Bertz CT molecular complexity index is 371. The molecular weight excluding hydrogens is 186 g/mol. The van der Waals surface area contributed by atoms with Gasteiger partial charge in [-0.2, -0.15) is 0 Å². The highest BCUT2D eigenvalue weighted by atomic mass is 35.5. The van der Waals surface area contributed by atoms with Gasteiger partial charge in [-0.05, 0) is 24.1 Å². The molecule has 0 spiro atoms. The Morgan fingerprint density at radius 2 is 2.00 bits per heavy atom. The van der Waals surface area contributed by atoms with Crippen molar-refractivity contribution in [1.82, 2.24) is 0 Å². The average molecular weight is 206 g/mol. The van der Waals surface area contributed by atoms with Gasteiger partial charge in [0.25, 0.3) is 0 Å². The van der Waals surface area contributed by atoms with E-state index < -0.39 is 0 Å². The first-order chi connectivity index (χ1) is 7.54. The Labute approximate surface area is 91.1 Å². The van der Waals surface area contributed by atoms with Gasteiger partial charge in [0.05, 0.1) is 5.48 Å². The molecule has 2 N–H and O–H groups in total. The predicted molar refractivity (Wildman–Crippen MR) is 57.6 cm³/mol. The molecule has 0 atom stereocenters. The van der Waals surface area contributed by atoms with Crippen LogP contribution in [0, 0.1) is 0 Å². The maximum Gasteiger partial charge on any atom is 0.119 e. The van der Waals surface area contributed by atoms with Crippen molar-refractivity contribution in [3.63, 3.8) is 0 Å². The standard InChI is InChI=1S/C10H15NO.ClH/c1-2-9-3-5-10(6-4-9)12-8-7-11;/h3-6H,2,7-8,11H2,1H3;1H/i3D,4D,5D,6D;. The molecule has 0 fully saturated rings. The summed E-state index contributed by atoms with van der Waals surface area (Å²) < 4.78 is 35.9. The van der Waals surface area contributed by atoms with Gasteiger partial charge in [-0.3, -0.25) is 0 Å². The summed E-state index contributed by atoms with van der Waals surface area (Å²) in [6.07, 6.45) is 0.465. The third kappa shape index (κ3) is 4.15. The van der Waals surface area contributed by atoms with Gasteiger partial charge >= 0.3 is 0 Å². The van der Waals surface area contributed by atoms with E-state index in [1.165, 1.54) is 0 Å². The second-order valence-electron chi connectivity index (χ2n) is 2.30. The van der Waals surface area contributed by atoms with Crippen molar-refractivity contribution in [1.29, 1.82) is 0 Å². The maximum absolute atomic E-state index is 7.71. The zero-order valence-electron chi connectivity index (χ0n) is 11.5. The SMILES string of the molecule is Cl.[2H]c1c([2H])c(OCCN)c([2H])c([2H])c1CC. The lowest BCUT2D eigenvalue weighted by Crippen LogP contribution is -2.10. The van der Waals surface area contributed by atoms with Gasteiger partial charge in [-0.25, -0.2) is 0 Å². The molecule has 1 aromatic carbocycles. The van der Waals surface area contributed by atoms with Gasteiger partial charge in [-0.15, -0.1) is 12.4 Å². The number of ether oxygens (including phenoxy) is 1. The lowest BCUT2D eigenvalue weighted by atomic mass is 10.2. The highest BCUT2D eigenvalue weighted by Crippen LogP contribution is 2.11. The molecule has 0 bridgehead atoms. The number of rotatable bonds is 4. The molecule has 1 rings (SSSR count). The van der Waals surface area contributed by atoms with Crippen LogP contribution < -0.4 is 10.5 Å². The maximum atomic E-state index is 7.71. The molecule has 0 radical (unpaired) electrons. The van der Waals surface area contributed by atoms with Crippen molar-refractivity contribution in [2.75, 3.05) is 13.2 Å². The molecule has 0 aliphatic carbocycles. The van der Waals surface area contributed by atoms with Crippen LogP contribution in [0.15, 0.2) is 24.2 Å². The monoisotopic (exact) mass is 205 g/mol. The molecule has 3 heteroatoms. The van der Waals surface area contributed by atoms with Crippen LogP contribution in [0.2, 0.25) is 0 Å². The van der Waals surface area contributed by atoms with Crippen LogP contribution in [0.5, 0.6) is 5.75 Å². The van der Waals surface area contributed by atoms with Crippen LogP contribution >= 0.6 is 12.4 Å². The molecule has 1 aromatic rings. The normalized spacial score (nSPS) is 13.4. The van der Waals surface area contributed by atoms with Crippen molar-refractivity contribution in [3.05, 3.63) is 29.7 Å². The van der Waals surface area contributed by atoms with E-state index in [2.05, 4.69) is 0 Å². The van der Waals surface area contributed by atoms with Gasteiger partial charge in [0.1, 0.15) is 12.4 Å². The molecular formula is C10H16ClNO. The zero-order valence-corrected chi connectivity index (χ0v) is 8.33. The number of hydrogen-bond donors (Lipinski definition) is 1. The quantitative estimate of drug-likeness (QED) is 0.816. The largest absolute Gasteiger partial charge is 0.492 e. The molecule has 0 aliphatic rings. The summed E-state index contributed by atoms with van der Waals surface area (Å²) in [7, 11) is 0. The van der Waals surface area contributed by atoms with Crippen LogP contribution in [-0.2, 0) is 6.42 Å². The van der Waals surface area contributed by atoms with Crippen LogP contribution in [-0.4, -0.2) is 13.2 Å². The first-order valence-electron chi connectivity index (χ1n) is 5.96. The van der Waals surface area contributed by atoms with Crippen molar-refractivity contribution >= 4 is 12.4 Å². The van der Waals surface area contributed by atoms with E-state index in [0.717, 1.165) is 0 Å². The van der Waals surface area contributed by atoms with Crippen LogP contribution in [0.3, 0.4) is 0 Å². The minimum atomic E-state index is -0.133. The van der Waals surface area contributed by atoms with E-state index in [0.29, 0.717) is 12.0 Å². The molecule has 2 nitrogen and oxygen atoms in total. The van der Waals surface area contributed by atoms with Crippen LogP contribution in [0.1, 0.15) is 18.0 Å². The van der Waals surface area contributed by atoms with E-state index in [1.807, 2.05) is 0 Å². The highest BCUT2D eigenvalue weighted by molar-refractivity contribution is 5.85. The molecule has 13 heavy (non-hydrogen) atoms. The van der Waals surface area contributed by atoms with Crippen LogP contribution in [0.25, 0.3) is 0 Å². The summed E-state index contributed by atoms with van der Waals surface area (Å²) in [6, 6.07) is -0.330. The zero-order chi connectivity index (χ0) is 12.3. The summed E-state index contributed by atoms with van der Waals surface area (Å²) in [6.45, 7) is 2.25. The fourth-order valence-electron chi connectivity index (χ4n) is 0.737. The van der Waals surface area contributed by atoms with E-state index in [1.54, 1.807) is 6.92 Å². The minimum absolute atomic E-state index is 0. The molecule has 0 saturated carbocycles. The van der Waals surface area contributed by atoms with Crippen molar-refractivity contribution in [2.24, 2.45) is 5.73 Å². The number of nitrogens with two attached hydrogens (primary N) is 1. The topological polar surface area (TPSA) is 35.2 Å². The second-order valence-corrected chi connectivity index (χ2v) is 2.30. The van der Waals surface area contributed by atoms with Crippen molar-refractivity contribution in [3.8, 4) is 5.75 Å². The third-order valence-corrected chi connectivity index (χ3v) is 1.37. The van der Waals surface area contributed by atoms with E-state index in [-0.39, 0.29) is 55.5 Å². The van der Waals surface area contributed by atoms with E-state index in [9.17, 15) is 0 Å².